The number of methoxy groups -OCH3 is 1. The third-order valence-corrected chi connectivity index (χ3v) is 6.01. The van der Waals surface area contributed by atoms with E-state index < -0.39 is 0 Å². The van der Waals surface area contributed by atoms with Gasteiger partial charge in [-0.2, -0.15) is 0 Å². The molecular formula is C26H28FN3O2. The Labute approximate surface area is 188 Å². The minimum Gasteiger partial charge on any atom is -0.496 e. The number of carbonyl (C=O) groups excluding carboxylic acids is 1. The van der Waals surface area contributed by atoms with Crippen molar-refractivity contribution in [2.45, 2.75) is 25.4 Å². The van der Waals surface area contributed by atoms with Gasteiger partial charge in [-0.1, -0.05) is 36.4 Å². The van der Waals surface area contributed by atoms with E-state index in [4.69, 9.17) is 4.74 Å². The van der Waals surface area contributed by atoms with Crippen molar-refractivity contribution in [3.05, 3.63) is 95.6 Å². The number of piperidine rings is 1. The van der Waals surface area contributed by atoms with Crippen molar-refractivity contribution >= 4 is 5.91 Å². The lowest BCUT2D eigenvalue weighted by atomic mass is 9.88. The van der Waals surface area contributed by atoms with Gasteiger partial charge in [-0.25, -0.2) is 4.39 Å². The largest absolute Gasteiger partial charge is 0.496 e. The lowest BCUT2D eigenvalue weighted by Crippen LogP contribution is -2.43. The van der Waals surface area contributed by atoms with Gasteiger partial charge in [-0.15, -0.1) is 0 Å². The summed E-state index contributed by atoms with van der Waals surface area (Å²) in [5, 5.41) is 3.21. The first-order valence-corrected chi connectivity index (χ1v) is 11.0. The maximum atomic E-state index is 14.2. The molecule has 1 aliphatic rings. The maximum Gasteiger partial charge on any atom is 0.255 e. The third-order valence-electron chi connectivity index (χ3n) is 6.01. The Bertz CT molecular complexity index is 1040. The molecule has 0 radical (unpaired) electrons. The molecule has 2 heterocycles. The fraction of sp³-hybridized carbons (Fsp3) is 0.308. The number of nitrogens with zero attached hydrogens (tertiary/aromatic N) is 2. The number of hydrogen-bond acceptors (Lipinski definition) is 4. The zero-order valence-electron chi connectivity index (χ0n) is 18.2. The molecule has 1 fully saturated rings. The Morgan fingerprint density at radius 1 is 1.16 bits per heavy atom. The van der Waals surface area contributed by atoms with E-state index in [0.717, 1.165) is 31.6 Å². The number of aromatic nitrogens is 1. The molecule has 0 aliphatic carbocycles. The molecule has 166 valence electrons. The van der Waals surface area contributed by atoms with Crippen LogP contribution in [0.1, 0.15) is 40.5 Å². The van der Waals surface area contributed by atoms with Crippen molar-refractivity contribution < 1.29 is 13.9 Å². The molecule has 5 nitrogen and oxygen atoms in total. The van der Waals surface area contributed by atoms with Crippen LogP contribution < -0.4 is 10.1 Å². The highest BCUT2D eigenvalue weighted by Gasteiger charge is 2.31. The van der Waals surface area contributed by atoms with Crippen LogP contribution >= 0.6 is 0 Å². The van der Waals surface area contributed by atoms with Gasteiger partial charge in [0.2, 0.25) is 0 Å². The fourth-order valence-electron chi connectivity index (χ4n) is 4.42. The Morgan fingerprint density at radius 3 is 2.72 bits per heavy atom. The van der Waals surface area contributed by atoms with Crippen LogP contribution in [0.4, 0.5) is 4.39 Å². The number of pyridine rings is 1. The number of carbonyl (C=O) groups is 1. The third kappa shape index (κ3) is 5.14. The van der Waals surface area contributed by atoms with Gasteiger partial charge in [0.05, 0.1) is 24.4 Å². The van der Waals surface area contributed by atoms with Crippen LogP contribution in [0.5, 0.6) is 5.75 Å². The lowest BCUT2D eigenvalue weighted by Gasteiger charge is -2.37. The van der Waals surface area contributed by atoms with Gasteiger partial charge in [-0.3, -0.25) is 14.7 Å². The Morgan fingerprint density at radius 2 is 1.94 bits per heavy atom. The number of amides is 1. The van der Waals surface area contributed by atoms with Crippen LogP contribution in [-0.2, 0) is 6.54 Å². The zero-order chi connectivity index (χ0) is 22.3. The van der Waals surface area contributed by atoms with Gasteiger partial charge in [0.25, 0.3) is 5.91 Å². The number of rotatable bonds is 7. The van der Waals surface area contributed by atoms with Crippen LogP contribution in [0.15, 0.2) is 72.9 Å². The number of nitrogens with one attached hydrogen (secondary N) is 1. The van der Waals surface area contributed by atoms with E-state index in [2.05, 4.69) is 15.2 Å². The van der Waals surface area contributed by atoms with Crippen molar-refractivity contribution in [2.24, 2.45) is 5.92 Å². The fourth-order valence-corrected chi connectivity index (χ4v) is 4.42. The first-order valence-electron chi connectivity index (χ1n) is 11.0. The molecule has 1 saturated heterocycles. The molecule has 2 aromatic carbocycles. The molecule has 3 aromatic rings. The number of hydrogen-bond donors (Lipinski definition) is 1. The summed E-state index contributed by atoms with van der Waals surface area (Å²) in [5.41, 5.74) is 2.02. The van der Waals surface area contributed by atoms with Crippen molar-refractivity contribution in [1.82, 2.24) is 15.2 Å². The highest BCUT2D eigenvalue weighted by Crippen LogP contribution is 2.31. The minimum atomic E-state index is -0.253. The van der Waals surface area contributed by atoms with Gasteiger partial charge in [0.15, 0.2) is 0 Å². The standard InChI is InChI=1S/C26H28FN3O2/c1-32-24-14-5-3-11-21(24)26(31)29-25(23-13-6-7-15-28-23)20-10-8-16-30(18-20)17-19-9-2-4-12-22(19)27/h2-7,9,11-15,20,25H,8,10,16-18H2,1H3,(H,29,31)/t20-,25-/m0/s1. The Kier molecular flexibility index (Phi) is 7.12. The van der Waals surface area contributed by atoms with Crippen molar-refractivity contribution in [2.75, 3.05) is 20.2 Å². The number of benzene rings is 2. The van der Waals surface area contributed by atoms with Crippen LogP contribution in [0, 0.1) is 11.7 Å². The molecule has 1 aromatic heterocycles. The Balaban J connectivity index is 1.55. The van der Waals surface area contributed by atoms with E-state index in [9.17, 15) is 9.18 Å². The molecule has 1 N–H and O–H groups in total. The number of likely N-dealkylation sites (tertiary alicyclic amines) is 1. The molecule has 1 amide bonds. The summed E-state index contributed by atoms with van der Waals surface area (Å²) in [6.07, 6.45) is 3.69. The van der Waals surface area contributed by atoms with E-state index >= 15 is 0 Å². The average Bonchev–Trinajstić information content (AvgIpc) is 2.84. The predicted molar refractivity (Wildman–Crippen MR) is 122 cm³/mol. The van der Waals surface area contributed by atoms with Gasteiger partial charge in [-0.05, 0) is 55.6 Å². The zero-order valence-corrected chi connectivity index (χ0v) is 18.2. The second-order valence-corrected chi connectivity index (χ2v) is 8.13. The van der Waals surface area contributed by atoms with Crippen molar-refractivity contribution in [3.63, 3.8) is 0 Å². The molecule has 0 saturated carbocycles. The number of halogens is 1. The normalized spacial score (nSPS) is 17.5. The highest BCUT2D eigenvalue weighted by atomic mass is 19.1. The Hall–Kier alpha value is -3.25. The second kappa shape index (κ2) is 10.4. The summed E-state index contributed by atoms with van der Waals surface area (Å²) in [7, 11) is 1.56. The molecule has 0 bridgehead atoms. The van der Waals surface area contributed by atoms with E-state index in [0.29, 0.717) is 23.4 Å². The minimum absolute atomic E-state index is 0.157. The molecule has 0 spiro atoms. The summed E-state index contributed by atoms with van der Waals surface area (Å²) in [6.45, 7) is 2.21. The summed E-state index contributed by atoms with van der Waals surface area (Å²) >= 11 is 0. The molecule has 0 unspecified atom stereocenters. The van der Waals surface area contributed by atoms with E-state index in [1.807, 2.05) is 42.5 Å². The second-order valence-electron chi connectivity index (χ2n) is 8.13. The molecule has 2 atom stereocenters. The molecule has 1 aliphatic heterocycles. The first-order chi connectivity index (χ1) is 15.7. The highest BCUT2D eigenvalue weighted by molar-refractivity contribution is 5.97. The number of para-hydroxylation sites is 1. The summed E-state index contributed by atoms with van der Waals surface area (Å²) < 4.78 is 19.6. The van der Waals surface area contributed by atoms with Gasteiger partial charge in [0, 0.05) is 24.8 Å². The quantitative estimate of drug-likeness (QED) is 0.591. The van der Waals surface area contributed by atoms with Gasteiger partial charge >= 0.3 is 0 Å². The molecule has 4 rings (SSSR count). The summed E-state index contributed by atoms with van der Waals surface area (Å²) in [6, 6.07) is 19.6. The molecular weight excluding hydrogens is 405 g/mol. The van der Waals surface area contributed by atoms with Crippen LogP contribution in [0.2, 0.25) is 0 Å². The van der Waals surface area contributed by atoms with Crippen molar-refractivity contribution in [3.8, 4) is 5.75 Å². The van der Waals surface area contributed by atoms with Crippen LogP contribution in [-0.4, -0.2) is 36.0 Å². The van der Waals surface area contributed by atoms with Gasteiger partial charge in [0.1, 0.15) is 11.6 Å². The molecule has 6 heteroatoms. The predicted octanol–water partition coefficient (Wildman–Crippen LogP) is 4.61. The van der Waals surface area contributed by atoms with E-state index in [1.165, 1.54) is 6.07 Å². The lowest BCUT2D eigenvalue weighted by molar-refractivity contribution is 0.0871. The molecule has 32 heavy (non-hydrogen) atoms. The summed E-state index contributed by atoms with van der Waals surface area (Å²) in [5.74, 6) is 0.323. The van der Waals surface area contributed by atoms with Gasteiger partial charge < -0.3 is 10.1 Å². The maximum absolute atomic E-state index is 14.2. The SMILES string of the molecule is COc1ccccc1C(=O)N[C@H](c1ccccn1)[C@H]1CCCN(Cc2ccccc2F)C1. The monoisotopic (exact) mass is 433 g/mol. The van der Waals surface area contributed by atoms with E-state index in [1.54, 1.807) is 31.5 Å². The van der Waals surface area contributed by atoms with Crippen LogP contribution in [0.25, 0.3) is 0 Å². The first kappa shape index (κ1) is 22.0. The topological polar surface area (TPSA) is 54.5 Å². The van der Waals surface area contributed by atoms with E-state index in [-0.39, 0.29) is 23.7 Å². The van der Waals surface area contributed by atoms with Crippen LogP contribution in [0.3, 0.4) is 0 Å². The number of ether oxygens (including phenoxy) is 1. The summed E-state index contributed by atoms with van der Waals surface area (Å²) in [4.78, 5) is 20.0. The van der Waals surface area contributed by atoms with Crippen molar-refractivity contribution in [1.29, 1.82) is 0 Å². The smallest absolute Gasteiger partial charge is 0.255 e. The average molecular weight is 434 g/mol.